The van der Waals surface area contributed by atoms with Crippen LogP contribution in [-0.2, 0) is 11.2 Å². The molecule has 2 N–H and O–H groups in total. The van der Waals surface area contributed by atoms with Gasteiger partial charge in [-0.25, -0.2) is 0 Å². The molecule has 1 aliphatic heterocycles. The summed E-state index contributed by atoms with van der Waals surface area (Å²) in [6, 6.07) is 7.43. The van der Waals surface area contributed by atoms with Gasteiger partial charge in [0.2, 0.25) is 0 Å². The molecule has 0 aromatic heterocycles. The van der Waals surface area contributed by atoms with E-state index >= 15 is 0 Å². The van der Waals surface area contributed by atoms with Gasteiger partial charge in [-0.3, -0.25) is 4.90 Å². The highest BCUT2D eigenvalue weighted by atomic mass is 16.5. The monoisotopic (exact) mass is 235 g/mol. The van der Waals surface area contributed by atoms with Crippen LogP contribution >= 0.6 is 0 Å². The Balaban J connectivity index is 1.82. The van der Waals surface area contributed by atoms with E-state index in [9.17, 15) is 0 Å². The Morgan fingerprint density at radius 3 is 2.35 bits per heavy atom. The van der Waals surface area contributed by atoms with Gasteiger partial charge in [-0.2, -0.15) is 0 Å². The summed E-state index contributed by atoms with van der Waals surface area (Å²) >= 11 is 0. The van der Waals surface area contributed by atoms with Crippen molar-refractivity contribution >= 4 is 12.6 Å². The highest BCUT2D eigenvalue weighted by molar-refractivity contribution is 6.58. The predicted molar refractivity (Wildman–Crippen MR) is 67.2 cm³/mol. The van der Waals surface area contributed by atoms with Crippen molar-refractivity contribution in [3.8, 4) is 0 Å². The van der Waals surface area contributed by atoms with Crippen LogP contribution in [0.3, 0.4) is 0 Å². The highest BCUT2D eigenvalue weighted by Gasteiger charge is 2.11. The summed E-state index contributed by atoms with van der Waals surface area (Å²) in [6.45, 7) is 4.70. The van der Waals surface area contributed by atoms with Crippen LogP contribution in [0.15, 0.2) is 24.3 Å². The molecule has 17 heavy (non-hydrogen) atoms. The Bertz CT molecular complexity index is 336. The van der Waals surface area contributed by atoms with Gasteiger partial charge in [0.1, 0.15) is 0 Å². The van der Waals surface area contributed by atoms with Crippen molar-refractivity contribution in [2.24, 2.45) is 0 Å². The van der Waals surface area contributed by atoms with Crippen LogP contribution in [0.25, 0.3) is 0 Å². The molecule has 5 heteroatoms. The largest absolute Gasteiger partial charge is 0.488 e. The van der Waals surface area contributed by atoms with Gasteiger partial charge >= 0.3 is 7.12 Å². The third-order valence-electron chi connectivity index (χ3n) is 3.10. The van der Waals surface area contributed by atoms with Crippen LogP contribution in [0.4, 0.5) is 0 Å². The second kappa shape index (κ2) is 6.16. The zero-order valence-electron chi connectivity index (χ0n) is 9.88. The topological polar surface area (TPSA) is 52.9 Å². The van der Waals surface area contributed by atoms with E-state index in [0.717, 1.165) is 39.3 Å². The molecule has 1 aliphatic rings. The molecule has 1 fully saturated rings. The van der Waals surface area contributed by atoms with Gasteiger partial charge in [0.05, 0.1) is 13.2 Å². The molecule has 0 unspecified atom stereocenters. The highest BCUT2D eigenvalue weighted by Crippen LogP contribution is 2.03. The number of hydrogen-bond acceptors (Lipinski definition) is 4. The summed E-state index contributed by atoms with van der Waals surface area (Å²) in [4.78, 5) is 2.39. The first-order valence-electron chi connectivity index (χ1n) is 6.01. The minimum absolute atomic E-state index is 0.542. The van der Waals surface area contributed by atoms with Gasteiger partial charge in [0.15, 0.2) is 0 Å². The Labute approximate surface area is 102 Å². The van der Waals surface area contributed by atoms with Crippen LogP contribution in [-0.4, -0.2) is 54.9 Å². The molecule has 1 aromatic rings. The molecular formula is C12H18BNO3. The van der Waals surface area contributed by atoms with Gasteiger partial charge in [-0.05, 0) is 17.4 Å². The molecule has 1 heterocycles. The van der Waals surface area contributed by atoms with Crippen molar-refractivity contribution in [1.29, 1.82) is 0 Å². The molecule has 1 aromatic carbocycles. The Morgan fingerprint density at radius 1 is 1.12 bits per heavy atom. The summed E-state index contributed by atoms with van der Waals surface area (Å²) in [5.41, 5.74) is 1.76. The van der Waals surface area contributed by atoms with Crippen LogP contribution in [0, 0.1) is 0 Å². The lowest BCUT2D eigenvalue weighted by molar-refractivity contribution is 0.0384. The first-order valence-corrected chi connectivity index (χ1v) is 6.01. The summed E-state index contributed by atoms with van der Waals surface area (Å²) in [5.74, 6) is 0. The second-order valence-electron chi connectivity index (χ2n) is 4.32. The van der Waals surface area contributed by atoms with Crippen LogP contribution in [0.2, 0.25) is 0 Å². The minimum Gasteiger partial charge on any atom is -0.423 e. The lowest BCUT2D eigenvalue weighted by Crippen LogP contribution is -2.37. The molecule has 92 valence electrons. The fraction of sp³-hybridized carbons (Fsp3) is 0.500. The number of benzene rings is 1. The molecule has 0 aliphatic carbocycles. The normalized spacial score (nSPS) is 17.1. The van der Waals surface area contributed by atoms with E-state index in [-0.39, 0.29) is 0 Å². The van der Waals surface area contributed by atoms with Crippen molar-refractivity contribution < 1.29 is 14.8 Å². The zero-order chi connectivity index (χ0) is 12.1. The molecule has 0 atom stereocenters. The average molecular weight is 235 g/mol. The predicted octanol–water partition coefficient (Wildman–Crippen LogP) is -0.759. The van der Waals surface area contributed by atoms with Crippen LogP contribution in [0.5, 0.6) is 0 Å². The summed E-state index contributed by atoms with van der Waals surface area (Å²) in [7, 11) is -1.37. The van der Waals surface area contributed by atoms with Crippen LogP contribution in [0.1, 0.15) is 5.56 Å². The summed E-state index contributed by atoms with van der Waals surface area (Å²) < 4.78 is 5.30. The Morgan fingerprint density at radius 2 is 1.76 bits per heavy atom. The van der Waals surface area contributed by atoms with E-state index in [4.69, 9.17) is 14.8 Å². The van der Waals surface area contributed by atoms with E-state index in [1.165, 1.54) is 5.56 Å². The summed E-state index contributed by atoms with van der Waals surface area (Å²) in [5, 5.41) is 18.0. The van der Waals surface area contributed by atoms with Gasteiger partial charge in [0.25, 0.3) is 0 Å². The summed E-state index contributed by atoms with van der Waals surface area (Å²) in [6.07, 6.45) is 0.988. The molecule has 0 spiro atoms. The van der Waals surface area contributed by atoms with Gasteiger partial charge in [-0.1, -0.05) is 24.3 Å². The molecule has 0 radical (unpaired) electrons. The van der Waals surface area contributed by atoms with E-state index < -0.39 is 7.12 Å². The molecular weight excluding hydrogens is 217 g/mol. The fourth-order valence-corrected chi connectivity index (χ4v) is 1.97. The molecule has 1 saturated heterocycles. The van der Waals surface area contributed by atoms with Crippen molar-refractivity contribution in [2.45, 2.75) is 6.42 Å². The number of morpholine rings is 1. The molecule has 4 nitrogen and oxygen atoms in total. The molecule has 2 rings (SSSR count). The molecule has 0 saturated carbocycles. The van der Waals surface area contributed by atoms with Crippen molar-refractivity contribution in [1.82, 2.24) is 4.90 Å². The maximum atomic E-state index is 8.98. The van der Waals surface area contributed by atoms with Gasteiger partial charge in [0, 0.05) is 19.6 Å². The first kappa shape index (κ1) is 12.6. The van der Waals surface area contributed by atoms with E-state index in [2.05, 4.69) is 4.90 Å². The second-order valence-corrected chi connectivity index (χ2v) is 4.32. The molecule has 0 bridgehead atoms. The lowest BCUT2D eigenvalue weighted by atomic mass is 9.80. The van der Waals surface area contributed by atoms with Crippen molar-refractivity contribution in [2.75, 3.05) is 32.8 Å². The van der Waals surface area contributed by atoms with Crippen molar-refractivity contribution in [3.05, 3.63) is 29.8 Å². The van der Waals surface area contributed by atoms with Crippen LogP contribution < -0.4 is 5.46 Å². The quantitative estimate of drug-likeness (QED) is 0.674. The number of hydrogen-bond donors (Lipinski definition) is 2. The smallest absolute Gasteiger partial charge is 0.423 e. The van der Waals surface area contributed by atoms with E-state index in [1.807, 2.05) is 12.1 Å². The standard InChI is InChI=1S/C12H18BNO3/c15-13(16)12-3-1-11(2-4-12)5-6-14-7-9-17-10-8-14/h1-4,15-16H,5-10H2. The first-order chi connectivity index (χ1) is 8.25. The Hall–Kier alpha value is -0.875. The van der Waals surface area contributed by atoms with Gasteiger partial charge < -0.3 is 14.8 Å². The number of ether oxygens (including phenoxy) is 1. The van der Waals surface area contributed by atoms with E-state index in [0.29, 0.717) is 5.46 Å². The van der Waals surface area contributed by atoms with Crippen molar-refractivity contribution in [3.63, 3.8) is 0 Å². The average Bonchev–Trinajstić information content (AvgIpc) is 2.38. The lowest BCUT2D eigenvalue weighted by Gasteiger charge is -2.26. The third-order valence-corrected chi connectivity index (χ3v) is 3.10. The number of nitrogens with zero attached hydrogens (tertiary/aromatic N) is 1. The minimum atomic E-state index is -1.37. The number of rotatable bonds is 4. The zero-order valence-corrected chi connectivity index (χ0v) is 9.88. The SMILES string of the molecule is OB(O)c1ccc(CCN2CCOCC2)cc1. The maximum Gasteiger partial charge on any atom is 0.488 e. The van der Waals surface area contributed by atoms with E-state index in [1.54, 1.807) is 12.1 Å². The fourth-order valence-electron chi connectivity index (χ4n) is 1.97. The maximum absolute atomic E-state index is 8.98. The van der Waals surface area contributed by atoms with Gasteiger partial charge in [-0.15, -0.1) is 0 Å². The molecule has 0 amide bonds. The third kappa shape index (κ3) is 3.82. The Kier molecular flexibility index (Phi) is 4.56.